The lowest BCUT2D eigenvalue weighted by molar-refractivity contribution is -0.131. The van der Waals surface area contributed by atoms with E-state index in [1.807, 2.05) is 30.3 Å². The number of benzene rings is 1. The van der Waals surface area contributed by atoms with Gasteiger partial charge in [-0.3, -0.25) is 14.4 Å². The van der Waals surface area contributed by atoms with Crippen molar-refractivity contribution in [3.05, 3.63) is 59.5 Å². The zero-order chi connectivity index (χ0) is 15.4. The van der Waals surface area contributed by atoms with Gasteiger partial charge in [-0.2, -0.15) is 0 Å². The highest BCUT2D eigenvalue weighted by atomic mass is 16.3. The van der Waals surface area contributed by atoms with Crippen molar-refractivity contribution in [1.82, 2.24) is 0 Å². The molecule has 0 saturated carbocycles. The van der Waals surface area contributed by atoms with Crippen LogP contribution in [0.15, 0.2) is 47.1 Å². The number of furan rings is 1. The van der Waals surface area contributed by atoms with Crippen LogP contribution in [0.4, 0.5) is 0 Å². The fourth-order valence-corrected chi connectivity index (χ4v) is 2.59. The molecule has 1 unspecified atom stereocenters. The number of hydrogen-bond acceptors (Lipinski definition) is 4. The van der Waals surface area contributed by atoms with Gasteiger partial charge >= 0.3 is 0 Å². The maximum atomic E-state index is 11.9. The molecule has 21 heavy (non-hydrogen) atoms. The SMILES string of the molecule is CC(=O)C(C(C)=O)C(c1ccccc1)c1occc1C=O. The highest BCUT2D eigenvalue weighted by Gasteiger charge is 2.35. The molecule has 4 heteroatoms. The highest BCUT2D eigenvalue weighted by molar-refractivity contribution is 6.02. The minimum atomic E-state index is -0.864. The van der Waals surface area contributed by atoms with Crippen LogP contribution in [0.2, 0.25) is 0 Å². The topological polar surface area (TPSA) is 64.3 Å². The molecular formula is C17H16O4. The monoisotopic (exact) mass is 284 g/mol. The van der Waals surface area contributed by atoms with Crippen molar-refractivity contribution in [3.63, 3.8) is 0 Å². The van der Waals surface area contributed by atoms with Crippen LogP contribution in [0.3, 0.4) is 0 Å². The lowest BCUT2D eigenvalue weighted by Crippen LogP contribution is -2.28. The van der Waals surface area contributed by atoms with Gasteiger partial charge in [0.05, 0.1) is 23.7 Å². The van der Waals surface area contributed by atoms with Gasteiger partial charge in [0, 0.05) is 0 Å². The quantitative estimate of drug-likeness (QED) is 0.604. The van der Waals surface area contributed by atoms with Crippen molar-refractivity contribution in [2.45, 2.75) is 19.8 Å². The molecule has 1 aromatic heterocycles. The summed E-state index contributed by atoms with van der Waals surface area (Å²) < 4.78 is 5.42. The second-order valence-electron chi connectivity index (χ2n) is 4.95. The minimum absolute atomic E-state index is 0.246. The Hall–Kier alpha value is -2.49. The highest BCUT2D eigenvalue weighted by Crippen LogP contribution is 2.35. The van der Waals surface area contributed by atoms with Crippen LogP contribution in [0.25, 0.3) is 0 Å². The molecule has 0 aliphatic carbocycles. The van der Waals surface area contributed by atoms with Crippen molar-refractivity contribution >= 4 is 17.9 Å². The van der Waals surface area contributed by atoms with E-state index >= 15 is 0 Å². The van der Waals surface area contributed by atoms with E-state index in [0.717, 1.165) is 5.56 Å². The van der Waals surface area contributed by atoms with Gasteiger partial charge < -0.3 is 4.42 Å². The lowest BCUT2D eigenvalue weighted by atomic mass is 9.79. The zero-order valence-corrected chi connectivity index (χ0v) is 11.9. The van der Waals surface area contributed by atoms with Crippen LogP contribution in [0.1, 0.15) is 41.4 Å². The number of carbonyl (C=O) groups excluding carboxylic acids is 3. The van der Waals surface area contributed by atoms with Crippen molar-refractivity contribution in [2.24, 2.45) is 5.92 Å². The van der Waals surface area contributed by atoms with E-state index in [9.17, 15) is 14.4 Å². The van der Waals surface area contributed by atoms with Gasteiger partial charge in [0.15, 0.2) is 6.29 Å². The van der Waals surface area contributed by atoms with E-state index < -0.39 is 11.8 Å². The Morgan fingerprint density at radius 1 is 1.05 bits per heavy atom. The lowest BCUT2D eigenvalue weighted by Gasteiger charge is -2.22. The van der Waals surface area contributed by atoms with Gasteiger partial charge in [-0.25, -0.2) is 0 Å². The summed E-state index contributed by atoms with van der Waals surface area (Å²) >= 11 is 0. The largest absolute Gasteiger partial charge is 0.468 e. The van der Waals surface area contributed by atoms with Gasteiger partial charge in [-0.1, -0.05) is 30.3 Å². The molecule has 2 rings (SSSR count). The van der Waals surface area contributed by atoms with Gasteiger partial charge in [0.25, 0.3) is 0 Å². The summed E-state index contributed by atoms with van der Waals surface area (Å²) in [5.74, 6) is -1.59. The maximum absolute atomic E-state index is 11.9. The van der Waals surface area contributed by atoms with E-state index in [1.165, 1.54) is 26.2 Å². The normalized spacial score (nSPS) is 12.1. The Bertz CT molecular complexity index is 640. The van der Waals surface area contributed by atoms with Crippen molar-refractivity contribution in [2.75, 3.05) is 0 Å². The first kappa shape index (κ1) is 14.9. The standard InChI is InChI=1S/C17H16O4/c1-11(19)15(12(2)20)16(13-6-4-3-5-7-13)17-14(10-18)8-9-21-17/h3-10,15-16H,1-2H3. The summed E-state index contributed by atoms with van der Waals surface area (Å²) in [6.07, 6.45) is 2.07. The summed E-state index contributed by atoms with van der Waals surface area (Å²) in [6, 6.07) is 10.7. The molecule has 0 amide bonds. The number of rotatable bonds is 6. The van der Waals surface area contributed by atoms with Crippen molar-refractivity contribution in [3.8, 4) is 0 Å². The van der Waals surface area contributed by atoms with Gasteiger partial charge in [0.2, 0.25) is 0 Å². The molecule has 0 aliphatic heterocycles. The summed E-state index contributed by atoms with van der Waals surface area (Å²) in [6.45, 7) is 2.76. The maximum Gasteiger partial charge on any atom is 0.153 e. The Labute approximate surface area is 122 Å². The fourth-order valence-electron chi connectivity index (χ4n) is 2.59. The average Bonchev–Trinajstić information content (AvgIpc) is 2.92. The summed E-state index contributed by atoms with van der Waals surface area (Å²) in [5.41, 5.74) is 1.13. The molecule has 0 bridgehead atoms. The number of Topliss-reactive ketones (excluding diaryl/α,β-unsaturated/α-hetero) is 2. The summed E-state index contributed by atoms with van der Waals surface area (Å²) in [5, 5.41) is 0. The number of aldehydes is 1. The Morgan fingerprint density at radius 2 is 1.67 bits per heavy atom. The van der Waals surface area contributed by atoms with Crippen LogP contribution >= 0.6 is 0 Å². The summed E-state index contributed by atoms with van der Waals surface area (Å²) in [4.78, 5) is 35.0. The smallest absolute Gasteiger partial charge is 0.153 e. The predicted octanol–water partition coefficient (Wildman–Crippen LogP) is 3.02. The first-order valence-corrected chi connectivity index (χ1v) is 6.64. The first-order valence-electron chi connectivity index (χ1n) is 6.64. The van der Waals surface area contributed by atoms with Crippen LogP contribution < -0.4 is 0 Å². The van der Waals surface area contributed by atoms with Crippen LogP contribution in [-0.2, 0) is 9.59 Å². The minimum Gasteiger partial charge on any atom is -0.468 e. The summed E-state index contributed by atoms with van der Waals surface area (Å²) in [7, 11) is 0. The molecule has 0 N–H and O–H groups in total. The third-order valence-electron chi connectivity index (χ3n) is 3.50. The predicted molar refractivity (Wildman–Crippen MR) is 77.2 cm³/mol. The first-order chi connectivity index (χ1) is 10.1. The van der Waals surface area contributed by atoms with Crippen LogP contribution in [0, 0.1) is 5.92 Å². The second kappa shape index (κ2) is 6.31. The Balaban J connectivity index is 2.62. The molecule has 108 valence electrons. The van der Waals surface area contributed by atoms with Crippen LogP contribution in [0.5, 0.6) is 0 Å². The molecule has 0 saturated heterocycles. The van der Waals surface area contributed by atoms with E-state index in [1.54, 1.807) is 0 Å². The van der Waals surface area contributed by atoms with E-state index in [0.29, 0.717) is 17.6 Å². The fraction of sp³-hybridized carbons (Fsp3) is 0.235. The molecule has 4 nitrogen and oxygen atoms in total. The van der Waals surface area contributed by atoms with E-state index in [2.05, 4.69) is 0 Å². The van der Waals surface area contributed by atoms with E-state index in [-0.39, 0.29) is 11.6 Å². The van der Waals surface area contributed by atoms with Gasteiger partial charge in [-0.15, -0.1) is 0 Å². The Kier molecular flexibility index (Phi) is 4.48. The Morgan fingerprint density at radius 3 is 2.19 bits per heavy atom. The molecule has 0 aliphatic rings. The second-order valence-corrected chi connectivity index (χ2v) is 4.95. The molecule has 1 aromatic carbocycles. The molecule has 1 heterocycles. The third-order valence-corrected chi connectivity index (χ3v) is 3.50. The van der Waals surface area contributed by atoms with Crippen LogP contribution in [-0.4, -0.2) is 17.9 Å². The molecule has 0 fully saturated rings. The van der Waals surface area contributed by atoms with E-state index in [4.69, 9.17) is 4.42 Å². The molecule has 2 aromatic rings. The third kappa shape index (κ3) is 2.99. The number of ketones is 2. The van der Waals surface area contributed by atoms with Gasteiger partial charge in [0.1, 0.15) is 17.3 Å². The van der Waals surface area contributed by atoms with Crippen molar-refractivity contribution < 1.29 is 18.8 Å². The zero-order valence-electron chi connectivity index (χ0n) is 11.9. The molecule has 0 spiro atoms. The molecular weight excluding hydrogens is 268 g/mol. The van der Waals surface area contributed by atoms with Crippen molar-refractivity contribution in [1.29, 1.82) is 0 Å². The molecule has 1 atom stereocenters. The molecule has 0 radical (unpaired) electrons. The number of hydrogen-bond donors (Lipinski definition) is 0. The number of carbonyl (C=O) groups is 3. The van der Waals surface area contributed by atoms with Gasteiger partial charge in [-0.05, 0) is 25.5 Å². The average molecular weight is 284 g/mol.